The van der Waals surface area contributed by atoms with Crippen LogP contribution in [0, 0.1) is 13.8 Å². The monoisotopic (exact) mass is 281 g/mol. The third-order valence-corrected chi connectivity index (χ3v) is 3.89. The lowest BCUT2D eigenvalue weighted by molar-refractivity contribution is -0.137. The smallest absolute Gasteiger partial charge is 0.304 e. The Morgan fingerprint density at radius 1 is 1.25 bits per heavy atom. The molecule has 0 aliphatic carbocycles. The first-order valence-electron chi connectivity index (χ1n) is 7.14. The first-order valence-corrected chi connectivity index (χ1v) is 7.14. The predicted molar refractivity (Wildman–Crippen MR) is 74.6 cm³/mol. The molecule has 1 aliphatic heterocycles. The van der Waals surface area contributed by atoms with Crippen molar-refractivity contribution in [3.05, 3.63) is 17.0 Å². The van der Waals surface area contributed by atoms with Crippen LogP contribution in [0.15, 0.2) is 4.52 Å². The van der Waals surface area contributed by atoms with Gasteiger partial charge in [0.25, 0.3) is 0 Å². The summed E-state index contributed by atoms with van der Waals surface area (Å²) in [6.45, 7) is 9.34. The number of rotatable bonds is 5. The number of hydrogen-bond donors (Lipinski definition) is 1. The van der Waals surface area contributed by atoms with Gasteiger partial charge in [0.05, 0.1) is 12.1 Å². The van der Waals surface area contributed by atoms with Gasteiger partial charge in [0.15, 0.2) is 0 Å². The zero-order valence-electron chi connectivity index (χ0n) is 12.3. The number of aliphatic carboxylic acids is 1. The molecule has 1 N–H and O–H groups in total. The molecule has 6 nitrogen and oxygen atoms in total. The SMILES string of the molecule is Cc1noc(C)c1CN1CCCN(CCC(=O)O)CC1. The molecule has 20 heavy (non-hydrogen) atoms. The van der Waals surface area contributed by atoms with E-state index >= 15 is 0 Å². The molecule has 0 saturated carbocycles. The highest BCUT2D eigenvalue weighted by Gasteiger charge is 2.18. The van der Waals surface area contributed by atoms with E-state index in [1.54, 1.807) is 0 Å². The topological polar surface area (TPSA) is 69.8 Å². The zero-order chi connectivity index (χ0) is 14.5. The van der Waals surface area contributed by atoms with Gasteiger partial charge in [0, 0.05) is 31.7 Å². The van der Waals surface area contributed by atoms with Crippen LogP contribution in [0.3, 0.4) is 0 Å². The summed E-state index contributed by atoms with van der Waals surface area (Å²) >= 11 is 0. The molecule has 0 amide bonds. The Bertz CT molecular complexity index is 439. The van der Waals surface area contributed by atoms with Crippen molar-refractivity contribution in [3.8, 4) is 0 Å². The van der Waals surface area contributed by atoms with E-state index in [4.69, 9.17) is 9.63 Å². The Kier molecular flexibility index (Phi) is 5.14. The Morgan fingerprint density at radius 2 is 1.95 bits per heavy atom. The van der Waals surface area contributed by atoms with E-state index in [-0.39, 0.29) is 6.42 Å². The summed E-state index contributed by atoms with van der Waals surface area (Å²) in [4.78, 5) is 15.3. The van der Waals surface area contributed by atoms with E-state index in [2.05, 4.69) is 15.0 Å². The van der Waals surface area contributed by atoms with Gasteiger partial charge in [-0.25, -0.2) is 0 Å². The van der Waals surface area contributed by atoms with Crippen molar-refractivity contribution in [3.63, 3.8) is 0 Å². The van der Waals surface area contributed by atoms with Crippen molar-refractivity contribution in [1.82, 2.24) is 15.0 Å². The maximum absolute atomic E-state index is 10.6. The van der Waals surface area contributed by atoms with E-state index in [1.165, 1.54) is 5.56 Å². The van der Waals surface area contributed by atoms with Crippen LogP contribution in [0.2, 0.25) is 0 Å². The molecule has 1 fully saturated rings. The van der Waals surface area contributed by atoms with Gasteiger partial charge in [-0.2, -0.15) is 0 Å². The van der Waals surface area contributed by atoms with Crippen LogP contribution in [-0.2, 0) is 11.3 Å². The summed E-state index contributed by atoms with van der Waals surface area (Å²) in [5.74, 6) is 0.177. The lowest BCUT2D eigenvalue weighted by atomic mass is 10.2. The fraction of sp³-hybridized carbons (Fsp3) is 0.714. The van der Waals surface area contributed by atoms with Gasteiger partial charge in [0.1, 0.15) is 5.76 Å². The van der Waals surface area contributed by atoms with E-state index in [1.807, 2.05) is 13.8 Å². The Labute approximate surface area is 119 Å². The Hall–Kier alpha value is -1.40. The van der Waals surface area contributed by atoms with Crippen LogP contribution in [0.5, 0.6) is 0 Å². The lowest BCUT2D eigenvalue weighted by Gasteiger charge is -2.21. The van der Waals surface area contributed by atoms with Gasteiger partial charge in [0.2, 0.25) is 0 Å². The largest absolute Gasteiger partial charge is 0.481 e. The summed E-state index contributed by atoms with van der Waals surface area (Å²) in [6, 6.07) is 0. The molecule has 0 atom stereocenters. The average Bonchev–Trinajstić information content (AvgIpc) is 2.63. The fourth-order valence-corrected chi connectivity index (χ4v) is 2.61. The minimum atomic E-state index is -0.721. The van der Waals surface area contributed by atoms with Gasteiger partial charge in [-0.3, -0.25) is 9.69 Å². The van der Waals surface area contributed by atoms with E-state index in [0.717, 1.165) is 50.6 Å². The van der Waals surface area contributed by atoms with Crippen LogP contribution in [0.4, 0.5) is 0 Å². The number of carboxylic acid groups (broad SMARTS) is 1. The molecule has 1 aliphatic rings. The normalized spacial score (nSPS) is 18.1. The second-order valence-electron chi connectivity index (χ2n) is 5.42. The maximum Gasteiger partial charge on any atom is 0.304 e. The summed E-state index contributed by atoms with van der Waals surface area (Å²) in [6.07, 6.45) is 1.30. The van der Waals surface area contributed by atoms with Crippen LogP contribution >= 0.6 is 0 Å². The van der Waals surface area contributed by atoms with Gasteiger partial charge < -0.3 is 14.5 Å². The molecule has 0 bridgehead atoms. The van der Waals surface area contributed by atoms with E-state index in [9.17, 15) is 4.79 Å². The highest BCUT2D eigenvalue weighted by Crippen LogP contribution is 2.16. The van der Waals surface area contributed by atoms with Gasteiger partial charge in [-0.1, -0.05) is 5.16 Å². The molecule has 1 aromatic rings. The van der Waals surface area contributed by atoms with E-state index in [0.29, 0.717) is 6.54 Å². The standard InChI is InChI=1S/C14H23N3O3/c1-11-13(12(2)20-15-11)10-17-6-3-5-16(8-9-17)7-4-14(18)19/h3-10H2,1-2H3,(H,18,19). The first kappa shape index (κ1) is 15.0. The maximum atomic E-state index is 10.6. The van der Waals surface area contributed by atoms with Crippen molar-refractivity contribution in [1.29, 1.82) is 0 Å². The molecule has 1 aromatic heterocycles. The number of carbonyl (C=O) groups is 1. The van der Waals surface area contributed by atoms with Crippen molar-refractivity contribution >= 4 is 5.97 Å². The second-order valence-corrected chi connectivity index (χ2v) is 5.42. The number of aromatic nitrogens is 1. The zero-order valence-corrected chi connectivity index (χ0v) is 12.3. The third kappa shape index (κ3) is 4.05. The first-order chi connectivity index (χ1) is 9.56. The average molecular weight is 281 g/mol. The minimum Gasteiger partial charge on any atom is -0.481 e. The molecular formula is C14H23N3O3. The number of aryl methyl sites for hydroxylation is 2. The highest BCUT2D eigenvalue weighted by atomic mass is 16.5. The second kappa shape index (κ2) is 6.85. The Morgan fingerprint density at radius 3 is 2.60 bits per heavy atom. The summed E-state index contributed by atoms with van der Waals surface area (Å²) in [5.41, 5.74) is 2.15. The molecule has 1 saturated heterocycles. The predicted octanol–water partition coefficient (Wildman–Crippen LogP) is 1.27. The van der Waals surface area contributed by atoms with Crippen LogP contribution < -0.4 is 0 Å². The summed E-state index contributed by atoms with van der Waals surface area (Å²) < 4.78 is 5.20. The summed E-state index contributed by atoms with van der Waals surface area (Å²) in [7, 11) is 0. The summed E-state index contributed by atoms with van der Waals surface area (Å²) in [5, 5.41) is 12.7. The fourth-order valence-electron chi connectivity index (χ4n) is 2.61. The van der Waals surface area contributed by atoms with Crippen LogP contribution in [0.25, 0.3) is 0 Å². The molecule has 0 aromatic carbocycles. The van der Waals surface area contributed by atoms with E-state index < -0.39 is 5.97 Å². The molecular weight excluding hydrogens is 258 g/mol. The third-order valence-electron chi connectivity index (χ3n) is 3.89. The molecule has 2 rings (SSSR count). The molecule has 112 valence electrons. The number of hydrogen-bond acceptors (Lipinski definition) is 5. The Balaban J connectivity index is 1.85. The quantitative estimate of drug-likeness (QED) is 0.876. The van der Waals surface area contributed by atoms with Gasteiger partial charge >= 0.3 is 5.97 Å². The molecule has 6 heteroatoms. The minimum absolute atomic E-state index is 0.226. The number of nitrogens with zero attached hydrogens (tertiary/aromatic N) is 3. The van der Waals surface area contributed by atoms with Crippen molar-refractivity contribution in [2.75, 3.05) is 32.7 Å². The van der Waals surface area contributed by atoms with Crippen molar-refractivity contribution in [2.24, 2.45) is 0 Å². The highest BCUT2D eigenvalue weighted by molar-refractivity contribution is 5.66. The van der Waals surface area contributed by atoms with Crippen LogP contribution in [0.1, 0.15) is 29.9 Å². The number of carboxylic acids is 1. The van der Waals surface area contributed by atoms with Crippen LogP contribution in [-0.4, -0.2) is 58.8 Å². The molecule has 2 heterocycles. The molecule has 0 unspecified atom stereocenters. The van der Waals surface area contributed by atoms with Gasteiger partial charge in [-0.05, 0) is 33.4 Å². The van der Waals surface area contributed by atoms with Crippen molar-refractivity contribution in [2.45, 2.75) is 33.2 Å². The molecule has 0 radical (unpaired) electrons. The van der Waals surface area contributed by atoms with Crippen molar-refractivity contribution < 1.29 is 14.4 Å². The molecule has 0 spiro atoms. The van der Waals surface area contributed by atoms with Gasteiger partial charge in [-0.15, -0.1) is 0 Å². The lowest BCUT2D eigenvalue weighted by Crippen LogP contribution is -2.32.